The Morgan fingerprint density at radius 1 is 1.21 bits per heavy atom. The van der Waals surface area contributed by atoms with E-state index in [9.17, 15) is 13.2 Å². The number of amides is 1. The van der Waals surface area contributed by atoms with Crippen molar-refractivity contribution in [2.75, 3.05) is 19.7 Å². The van der Waals surface area contributed by atoms with Crippen LogP contribution in [0.1, 0.15) is 31.7 Å². The molecular formula is C19H26N4O4S. The highest BCUT2D eigenvalue weighted by molar-refractivity contribution is 7.89. The largest absolute Gasteiger partial charge is 0.494 e. The third kappa shape index (κ3) is 4.90. The van der Waals surface area contributed by atoms with Crippen molar-refractivity contribution >= 4 is 15.9 Å². The summed E-state index contributed by atoms with van der Waals surface area (Å²) in [6.07, 6.45) is 5.58. The maximum Gasteiger partial charge on any atom is 0.262 e. The van der Waals surface area contributed by atoms with E-state index in [0.29, 0.717) is 26.2 Å². The van der Waals surface area contributed by atoms with Gasteiger partial charge in [0, 0.05) is 31.4 Å². The molecule has 28 heavy (non-hydrogen) atoms. The number of piperidine rings is 1. The number of nitrogens with zero attached hydrogens (tertiary/aromatic N) is 3. The fourth-order valence-corrected chi connectivity index (χ4v) is 4.61. The van der Waals surface area contributed by atoms with Gasteiger partial charge < -0.3 is 14.6 Å². The molecule has 1 amide bonds. The Balaban J connectivity index is 1.58. The van der Waals surface area contributed by atoms with Gasteiger partial charge in [-0.3, -0.25) is 4.79 Å². The van der Waals surface area contributed by atoms with E-state index >= 15 is 0 Å². The normalized spacial score (nSPS) is 15.3. The molecule has 9 heteroatoms. The Morgan fingerprint density at radius 2 is 1.96 bits per heavy atom. The minimum atomic E-state index is -3.59. The average molecular weight is 407 g/mol. The third-order valence-electron chi connectivity index (χ3n) is 4.60. The lowest BCUT2D eigenvalue weighted by Gasteiger charge is -2.24. The molecule has 8 nitrogen and oxygen atoms in total. The molecule has 0 atom stereocenters. The lowest BCUT2D eigenvalue weighted by molar-refractivity contribution is -0.121. The van der Waals surface area contributed by atoms with Crippen LogP contribution in [0.25, 0.3) is 0 Å². The second-order valence-corrected chi connectivity index (χ2v) is 8.55. The molecule has 1 aliphatic rings. The highest BCUT2D eigenvalue weighted by Crippen LogP contribution is 2.19. The predicted octanol–water partition coefficient (Wildman–Crippen LogP) is 1.77. The van der Waals surface area contributed by atoms with Crippen LogP contribution in [0.2, 0.25) is 0 Å². The zero-order chi connectivity index (χ0) is 20.0. The topological polar surface area (TPSA) is 93.5 Å². The van der Waals surface area contributed by atoms with Crippen molar-refractivity contribution in [3.05, 3.63) is 42.4 Å². The molecule has 0 bridgehead atoms. The van der Waals surface area contributed by atoms with Gasteiger partial charge in [0.05, 0.1) is 12.9 Å². The van der Waals surface area contributed by atoms with Crippen LogP contribution in [0.15, 0.2) is 41.8 Å². The molecule has 1 aliphatic heterocycles. The van der Waals surface area contributed by atoms with Crippen LogP contribution in [0.3, 0.4) is 0 Å². The molecule has 0 saturated carbocycles. The average Bonchev–Trinajstić information content (AvgIpc) is 3.17. The first-order valence-corrected chi connectivity index (χ1v) is 10.9. The Hall–Kier alpha value is -2.39. The third-order valence-corrected chi connectivity index (χ3v) is 6.39. The fraction of sp³-hybridized carbons (Fsp3) is 0.474. The van der Waals surface area contributed by atoms with Crippen molar-refractivity contribution < 1.29 is 17.9 Å². The van der Waals surface area contributed by atoms with Crippen LogP contribution in [-0.2, 0) is 27.9 Å². The minimum absolute atomic E-state index is 0.000673. The van der Waals surface area contributed by atoms with E-state index in [2.05, 4.69) is 10.3 Å². The maximum absolute atomic E-state index is 12.6. The fourth-order valence-electron chi connectivity index (χ4n) is 3.16. The SMILES string of the molecule is CCOc1ccccc1CNC(=O)Cn1cnc(S(=O)(=O)N2CCCCC2)c1. The van der Waals surface area contributed by atoms with Gasteiger partial charge in [-0.25, -0.2) is 13.4 Å². The number of imidazole rings is 1. The number of para-hydroxylation sites is 1. The Bertz CT molecular complexity index is 904. The van der Waals surface area contributed by atoms with Gasteiger partial charge in [0.1, 0.15) is 12.3 Å². The molecule has 1 N–H and O–H groups in total. The smallest absolute Gasteiger partial charge is 0.262 e. The first-order valence-electron chi connectivity index (χ1n) is 9.50. The van der Waals surface area contributed by atoms with Crippen LogP contribution >= 0.6 is 0 Å². The highest BCUT2D eigenvalue weighted by Gasteiger charge is 2.28. The number of rotatable bonds is 8. The quantitative estimate of drug-likeness (QED) is 0.721. The molecule has 0 radical (unpaired) electrons. The Kier molecular flexibility index (Phi) is 6.69. The summed E-state index contributed by atoms with van der Waals surface area (Å²) in [4.78, 5) is 16.3. The van der Waals surface area contributed by atoms with Gasteiger partial charge in [0.2, 0.25) is 5.91 Å². The highest BCUT2D eigenvalue weighted by atomic mass is 32.2. The van der Waals surface area contributed by atoms with E-state index < -0.39 is 10.0 Å². The first-order chi connectivity index (χ1) is 13.5. The minimum Gasteiger partial charge on any atom is -0.494 e. The number of benzene rings is 1. The molecule has 1 fully saturated rings. The summed E-state index contributed by atoms with van der Waals surface area (Å²) in [6.45, 7) is 3.84. The lowest BCUT2D eigenvalue weighted by atomic mass is 10.2. The van der Waals surface area contributed by atoms with Crippen LogP contribution < -0.4 is 10.1 Å². The molecule has 1 aromatic carbocycles. The summed E-state index contributed by atoms with van der Waals surface area (Å²) in [5.41, 5.74) is 0.886. The van der Waals surface area contributed by atoms with E-state index in [4.69, 9.17) is 4.74 Å². The van der Waals surface area contributed by atoms with E-state index in [0.717, 1.165) is 30.6 Å². The van der Waals surface area contributed by atoms with Crippen LogP contribution in [0.5, 0.6) is 5.75 Å². The van der Waals surface area contributed by atoms with Gasteiger partial charge in [-0.15, -0.1) is 0 Å². The summed E-state index contributed by atoms with van der Waals surface area (Å²) in [5.74, 6) is 0.508. The van der Waals surface area contributed by atoms with Gasteiger partial charge in [0.15, 0.2) is 5.03 Å². The van der Waals surface area contributed by atoms with Crippen LogP contribution in [-0.4, -0.2) is 47.9 Å². The number of aromatic nitrogens is 2. The van der Waals surface area contributed by atoms with Crippen molar-refractivity contribution in [3.63, 3.8) is 0 Å². The number of ether oxygens (including phenoxy) is 1. The van der Waals surface area contributed by atoms with E-state index in [-0.39, 0.29) is 17.5 Å². The molecule has 3 rings (SSSR count). The molecule has 0 spiro atoms. The monoisotopic (exact) mass is 406 g/mol. The summed E-state index contributed by atoms with van der Waals surface area (Å²) in [5, 5.41) is 2.82. The van der Waals surface area contributed by atoms with Crippen LogP contribution in [0.4, 0.5) is 0 Å². The Morgan fingerprint density at radius 3 is 2.71 bits per heavy atom. The molecular weight excluding hydrogens is 380 g/mol. The number of nitrogens with one attached hydrogen (secondary N) is 1. The van der Waals surface area contributed by atoms with Crippen molar-refractivity contribution in [2.24, 2.45) is 0 Å². The zero-order valence-electron chi connectivity index (χ0n) is 16.0. The van der Waals surface area contributed by atoms with Gasteiger partial charge >= 0.3 is 0 Å². The number of sulfonamides is 1. The van der Waals surface area contributed by atoms with E-state index in [1.54, 1.807) is 0 Å². The summed E-state index contributed by atoms with van der Waals surface area (Å²) < 4.78 is 33.8. The van der Waals surface area contributed by atoms with Crippen molar-refractivity contribution in [2.45, 2.75) is 44.3 Å². The summed E-state index contributed by atoms with van der Waals surface area (Å²) in [6, 6.07) is 7.52. The van der Waals surface area contributed by atoms with Gasteiger partial charge in [-0.05, 0) is 25.8 Å². The maximum atomic E-state index is 12.6. The number of carbonyl (C=O) groups is 1. The van der Waals surface area contributed by atoms with Crippen molar-refractivity contribution in [3.8, 4) is 5.75 Å². The van der Waals surface area contributed by atoms with Gasteiger partial charge in [-0.2, -0.15) is 4.31 Å². The van der Waals surface area contributed by atoms with Crippen LogP contribution in [0, 0.1) is 0 Å². The Labute approximate surface area is 165 Å². The van der Waals surface area contributed by atoms with Crippen molar-refractivity contribution in [1.82, 2.24) is 19.2 Å². The lowest BCUT2D eigenvalue weighted by Crippen LogP contribution is -2.35. The number of hydrogen-bond acceptors (Lipinski definition) is 5. The van der Waals surface area contributed by atoms with E-state index in [1.165, 1.54) is 21.4 Å². The van der Waals surface area contributed by atoms with E-state index in [1.807, 2.05) is 31.2 Å². The second-order valence-electron chi connectivity index (χ2n) is 6.67. The summed E-state index contributed by atoms with van der Waals surface area (Å²) >= 11 is 0. The number of hydrogen-bond donors (Lipinski definition) is 1. The van der Waals surface area contributed by atoms with Crippen molar-refractivity contribution in [1.29, 1.82) is 0 Å². The summed E-state index contributed by atoms with van der Waals surface area (Å²) in [7, 11) is -3.59. The molecule has 0 aliphatic carbocycles. The molecule has 2 aromatic rings. The number of carbonyl (C=O) groups excluding carboxylic acids is 1. The van der Waals surface area contributed by atoms with Gasteiger partial charge in [-0.1, -0.05) is 24.6 Å². The molecule has 0 unspecified atom stereocenters. The first kappa shape index (κ1) is 20.3. The predicted molar refractivity (Wildman–Crippen MR) is 104 cm³/mol. The molecule has 1 saturated heterocycles. The van der Waals surface area contributed by atoms with Gasteiger partial charge in [0.25, 0.3) is 10.0 Å². The molecule has 1 aromatic heterocycles. The molecule has 152 valence electrons. The zero-order valence-corrected chi connectivity index (χ0v) is 16.8. The second kappa shape index (κ2) is 9.20. The molecule has 2 heterocycles. The standard InChI is InChI=1S/C19H26N4O4S/c1-2-27-17-9-5-4-8-16(17)12-20-18(24)13-22-14-19(21-15-22)28(25,26)23-10-6-3-7-11-23/h4-5,8-9,14-15H,2-3,6-7,10-13H2,1H3,(H,20,24).